The van der Waals surface area contributed by atoms with E-state index in [1.165, 1.54) is 5.56 Å². The molecule has 3 rings (SSSR count). The maximum Gasteiger partial charge on any atom is 0.317 e. The SMILES string of the molecule is COc1cccc(OCCNC(=O)N2CCc3cc(OC)c(OC)cc3C2)c1. The van der Waals surface area contributed by atoms with Crippen LogP contribution in [-0.2, 0) is 13.0 Å². The first-order valence-corrected chi connectivity index (χ1v) is 9.18. The summed E-state index contributed by atoms with van der Waals surface area (Å²) in [4.78, 5) is 14.3. The standard InChI is InChI=1S/C21H26N2O5/c1-25-17-5-4-6-18(13-17)28-10-8-22-21(24)23-9-7-15-11-19(26-2)20(27-3)12-16(15)14-23/h4-6,11-13H,7-10,14H2,1-3H3,(H,22,24). The smallest absolute Gasteiger partial charge is 0.317 e. The molecule has 7 nitrogen and oxygen atoms in total. The van der Waals surface area contributed by atoms with E-state index in [-0.39, 0.29) is 6.03 Å². The van der Waals surface area contributed by atoms with Crippen molar-refractivity contribution >= 4 is 6.03 Å². The molecule has 0 aliphatic carbocycles. The van der Waals surface area contributed by atoms with Gasteiger partial charge in [0.1, 0.15) is 18.1 Å². The highest BCUT2D eigenvalue weighted by molar-refractivity contribution is 5.74. The number of amides is 2. The molecular weight excluding hydrogens is 360 g/mol. The molecule has 2 aromatic carbocycles. The zero-order chi connectivity index (χ0) is 19.9. The minimum atomic E-state index is -0.102. The van der Waals surface area contributed by atoms with Crippen LogP contribution >= 0.6 is 0 Å². The molecule has 0 fully saturated rings. The summed E-state index contributed by atoms with van der Waals surface area (Å²) in [6.07, 6.45) is 0.781. The van der Waals surface area contributed by atoms with Crippen LogP contribution < -0.4 is 24.3 Å². The molecule has 1 aliphatic rings. The molecule has 1 N–H and O–H groups in total. The molecule has 0 aromatic heterocycles. The number of nitrogens with zero attached hydrogens (tertiary/aromatic N) is 1. The summed E-state index contributed by atoms with van der Waals surface area (Å²) in [7, 11) is 4.85. The van der Waals surface area contributed by atoms with Gasteiger partial charge in [0.25, 0.3) is 0 Å². The minimum Gasteiger partial charge on any atom is -0.497 e. The molecule has 1 heterocycles. The molecule has 7 heteroatoms. The largest absolute Gasteiger partial charge is 0.497 e. The van der Waals surface area contributed by atoms with Gasteiger partial charge in [-0.05, 0) is 41.8 Å². The molecular formula is C21H26N2O5. The molecule has 0 unspecified atom stereocenters. The molecule has 0 bridgehead atoms. The van der Waals surface area contributed by atoms with Gasteiger partial charge in [-0.1, -0.05) is 6.07 Å². The number of methoxy groups -OCH3 is 3. The van der Waals surface area contributed by atoms with Crippen molar-refractivity contribution in [3.05, 3.63) is 47.5 Å². The van der Waals surface area contributed by atoms with E-state index >= 15 is 0 Å². The number of carbonyl (C=O) groups is 1. The molecule has 0 atom stereocenters. The van der Waals surface area contributed by atoms with Crippen LogP contribution in [0.1, 0.15) is 11.1 Å². The van der Waals surface area contributed by atoms with E-state index < -0.39 is 0 Å². The molecule has 28 heavy (non-hydrogen) atoms. The molecule has 150 valence electrons. The molecule has 2 aromatic rings. The van der Waals surface area contributed by atoms with Crippen molar-refractivity contribution in [2.75, 3.05) is 41.0 Å². The number of benzene rings is 2. The third kappa shape index (κ3) is 4.60. The van der Waals surface area contributed by atoms with Gasteiger partial charge in [0.2, 0.25) is 0 Å². The number of rotatable bonds is 7. The average Bonchev–Trinajstić information content (AvgIpc) is 2.75. The lowest BCUT2D eigenvalue weighted by Gasteiger charge is -2.29. The lowest BCUT2D eigenvalue weighted by atomic mass is 9.99. The molecule has 2 amide bonds. The van der Waals surface area contributed by atoms with Crippen molar-refractivity contribution in [2.45, 2.75) is 13.0 Å². The van der Waals surface area contributed by atoms with Gasteiger partial charge in [0, 0.05) is 19.2 Å². The van der Waals surface area contributed by atoms with E-state index in [4.69, 9.17) is 18.9 Å². The number of fused-ring (bicyclic) bond motifs is 1. The Morgan fingerprint density at radius 1 is 1.00 bits per heavy atom. The van der Waals surface area contributed by atoms with E-state index in [0.29, 0.717) is 43.5 Å². The third-order valence-corrected chi connectivity index (χ3v) is 4.69. The van der Waals surface area contributed by atoms with Crippen LogP contribution in [0.2, 0.25) is 0 Å². The van der Waals surface area contributed by atoms with Gasteiger partial charge < -0.3 is 29.2 Å². The second kappa shape index (κ2) is 9.21. The molecule has 0 saturated heterocycles. The zero-order valence-corrected chi connectivity index (χ0v) is 16.5. The third-order valence-electron chi connectivity index (χ3n) is 4.69. The van der Waals surface area contributed by atoms with Crippen LogP contribution in [0.5, 0.6) is 23.0 Å². The van der Waals surface area contributed by atoms with Gasteiger partial charge in [-0.3, -0.25) is 0 Å². The Bertz CT molecular complexity index is 824. The Balaban J connectivity index is 1.50. The summed E-state index contributed by atoms with van der Waals surface area (Å²) >= 11 is 0. The fourth-order valence-corrected chi connectivity index (χ4v) is 3.19. The van der Waals surface area contributed by atoms with E-state index in [2.05, 4.69) is 5.32 Å². The van der Waals surface area contributed by atoms with Crippen LogP contribution in [0, 0.1) is 0 Å². The van der Waals surface area contributed by atoms with Crippen LogP contribution in [0.25, 0.3) is 0 Å². The summed E-state index contributed by atoms with van der Waals surface area (Å²) in [5, 5.41) is 2.91. The van der Waals surface area contributed by atoms with E-state index in [1.54, 1.807) is 26.2 Å². The molecule has 0 spiro atoms. The summed E-state index contributed by atoms with van der Waals surface area (Å²) in [6.45, 7) is 2.00. The number of nitrogens with one attached hydrogen (secondary N) is 1. The van der Waals surface area contributed by atoms with Crippen LogP contribution in [0.4, 0.5) is 4.79 Å². The normalized spacial score (nSPS) is 12.8. The topological polar surface area (TPSA) is 69.3 Å². The number of hydrogen-bond acceptors (Lipinski definition) is 5. The van der Waals surface area contributed by atoms with Gasteiger partial charge in [0.05, 0.1) is 27.9 Å². The van der Waals surface area contributed by atoms with Crippen molar-refractivity contribution in [1.29, 1.82) is 0 Å². The highest BCUT2D eigenvalue weighted by atomic mass is 16.5. The van der Waals surface area contributed by atoms with E-state index in [1.807, 2.05) is 36.4 Å². The van der Waals surface area contributed by atoms with Crippen molar-refractivity contribution in [1.82, 2.24) is 10.2 Å². The lowest BCUT2D eigenvalue weighted by Crippen LogP contribution is -2.43. The Labute approximate surface area is 165 Å². The molecule has 0 radical (unpaired) electrons. The van der Waals surface area contributed by atoms with Gasteiger partial charge in [-0.2, -0.15) is 0 Å². The summed E-state index contributed by atoms with van der Waals surface area (Å²) in [5.74, 6) is 2.84. The first-order chi connectivity index (χ1) is 13.6. The summed E-state index contributed by atoms with van der Waals surface area (Å²) in [5.41, 5.74) is 2.26. The van der Waals surface area contributed by atoms with Gasteiger partial charge in [0.15, 0.2) is 11.5 Å². The zero-order valence-electron chi connectivity index (χ0n) is 16.5. The predicted molar refractivity (Wildman–Crippen MR) is 106 cm³/mol. The fourth-order valence-electron chi connectivity index (χ4n) is 3.19. The Morgan fingerprint density at radius 2 is 1.71 bits per heavy atom. The Morgan fingerprint density at radius 3 is 2.43 bits per heavy atom. The van der Waals surface area contributed by atoms with Crippen LogP contribution in [0.3, 0.4) is 0 Å². The van der Waals surface area contributed by atoms with Crippen molar-refractivity contribution in [3.8, 4) is 23.0 Å². The number of ether oxygens (including phenoxy) is 4. The number of urea groups is 1. The minimum absolute atomic E-state index is 0.102. The van der Waals surface area contributed by atoms with Crippen molar-refractivity contribution < 1.29 is 23.7 Å². The summed E-state index contributed by atoms with van der Waals surface area (Å²) < 4.78 is 21.5. The quantitative estimate of drug-likeness (QED) is 0.741. The van der Waals surface area contributed by atoms with Crippen LogP contribution in [0.15, 0.2) is 36.4 Å². The highest BCUT2D eigenvalue weighted by Crippen LogP contribution is 2.33. The lowest BCUT2D eigenvalue weighted by molar-refractivity contribution is 0.189. The molecule has 1 aliphatic heterocycles. The van der Waals surface area contributed by atoms with Gasteiger partial charge in [-0.15, -0.1) is 0 Å². The second-order valence-corrected chi connectivity index (χ2v) is 6.41. The molecule has 0 saturated carbocycles. The van der Waals surface area contributed by atoms with Gasteiger partial charge >= 0.3 is 6.03 Å². The van der Waals surface area contributed by atoms with Gasteiger partial charge in [-0.25, -0.2) is 4.79 Å². The van der Waals surface area contributed by atoms with Crippen LogP contribution in [-0.4, -0.2) is 52.0 Å². The number of hydrogen-bond donors (Lipinski definition) is 1. The fraction of sp³-hybridized carbons (Fsp3) is 0.381. The first kappa shape index (κ1) is 19.7. The predicted octanol–water partition coefficient (Wildman–Crippen LogP) is 2.86. The maximum absolute atomic E-state index is 12.5. The Hall–Kier alpha value is -3.09. The monoisotopic (exact) mass is 386 g/mol. The maximum atomic E-state index is 12.5. The van der Waals surface area contributed by atoms with Crippen molar-refractivity contribution in [3.63, 3.8) is 0 Å². The Kier molecular flexibility index (Phi) is 6.47. The average molecular weight is 386 g/mol. The second-order valence-electron chi connectivity index (χ2n) is 6.41. The first-order valence-electron chi connectivity index (χ1n) is 9.18. The highest BCUT2D eigenvalue weighted by Gasteiger charge is 2.22. The number of carbonyl (C=O) groups excluding carboxylic acids is 1. The van der Waals surface area contributed by atoms with E-state index in [0.717, 1.165) is 17.7 Å². The van der Waals surface area contributed by atoms with E-state index in [9.17, 15) is 4.79 Å². The summed E-state index contributed by atoms with van der Waals surface area (Å²) in [6, 6.07) is 11.2. The van der Waals surface area contributed by atoms with Crippen molar-refractivity contribution in [2.24, 2.45) is 0 Å².